The first kappa shape index (κ1) is 23.3. The molecule has 9 heteroatoms. The van der Waals surface area contributed by atoms with Gasteiger partial charge in [0.15, 0.2) is 11.5 Å². The molecule has 2 heterocycles. The van der Waals surface area contributed by atoms with Crippen molar-refractivity contribution in [1.82, 2.24) is 20.4 Å². The minimum Gasteiger partial charge on any atom is -0.490 e. The Morgan fingerprint density at radius 3 is 2.52 bits per heavy atom. The van der Waals surface area contributed by atoms with Crippen molar-refractivity contribution in [2.75, 3.05) is 37.6 Å². The van der Waals surface area contributed by atoms with Gasteiger partial charge in [-0.1, -0.05) is 18.5 Å². The molecule has 2 aromatic rings. The highest BCUT2D eigenvalue weighted by Crippen LogP contribution is 2.27. The molecule has 0 unspecified atom stereocenters. The van der Waals surface area contributed by atoms with Crippen LogP contribution in [0, 0.1) is 11.3 Å². The molecular weight excluding hydrogens is 440 g/mol. The van der Waals surface area contributed by atoms with Crippen LogP contribution < -0.4 is 15.0 Å². The van der Waals surface area contributed by atoms with Gasteiger partial charge < -0.3 is 19.9 Å². The Labute approximate surface area is 199 Å². The fourth-order valence-corrected chi connectivity index (χ4v) is 4.56. The molecular formula is C24H29ClN6O2. The lowest BCUT2D eigenvalue weighted by Gasteiger charge is -2.34. The maximum atomic E-state index is 12.6. The Morgan fingerprint density at radius 2 is 1.91 bits per heavy atom. The third-order valence-corrected chi connectivity index (χ3v) is 6.71. The number of rotatable bonds is 6. The van der Waals surface area contributed by atoms with Crippen LogP contribution in [0.4, 0.5) is 5.82 Å². The minimum absolute atomic E-state index is 0.0643. The van der Waals surface area contributed by atoms with Gasteiger partial charge in [-0.2, -0.15) is 5.26 Å². The van der Waals surface area contributed by atoms with Crippen molar-refractivity contribution in [2.45, 2.75) is 44.8 Å². The number of piperazine rings is 1. The summed E-state index contributed by atoms with van der Waals surface area (Å²) in [6.07, 6.45) is 3.38. The van der Waals surface area contributed by atoms with Crippen molar-refractivity contribution in [2.24, 2.45) is 0 Å². The van der Waals surface area contributed by atoms with Crippen molar-refractivity contribution in [1.29, 1.82) is 5.26 Å². The summed E-state index contributed by atoms with van der Waals surface area (Å²) in [7, 11) is 0. The van der Waals surface area contributed by atoms with E-state index in [9.17, 15) is 4.79 Å². The Morgan fingerprint density at radius 1 is 1.15 bits per heavy atom. The summed E-state index contributed by atoms with van der Waals surface area (Å²) >= 11 is 6.09. The second kappa shape index (κ2) is 10.8. The zero-order chi connectivity index (χ0) is 23.2. The number of anilines is 1. The predicted octanol–water partition coefficient (Wildman–Crippen LogP) is 3.26. The summed E-state index contributed by atoms with van der Waals surface area (Å²) in [4.78, 5) is 17.3. The number of aromatic nitrogens is 2. The van der Waals surface area contributed by atoms with Crippen LogP contribution in [0.5, 0.6) is 5.75 Å². The molecule has 0 radical (unpaired) electrons. The van der Waals surface area contributed by atoms with Crippen molar-refractivity contribution in [3.8, 4) is 11.8 Å². The van der Waals surface area contributed by atoms with Gasteiger partial charge in [-0.25, -0.2) is 0 Å². The monoisotopic (exact) mass is 468 g/mol. The van der Waals surface area contributed by atoms with E-state index in [0.29, 0.717) is 22.0 Å². The first-order chi connectivity index (χ1) is 16.1. The molecule has 1 amide bonds. The number of hydrogen-bond donors (Lipinski definition) is 1. The average molecular weight is 469 g/mol. The maximum Gasteiger partial charge on any atom is 0.272 e. The van der Waals surface area contributed by atoms with Crippen LogP contribution >= 0.6 is 11.6 Å². The quantitative estimate of drug-likeness (QED) is 0.695. The van der Waals surface area contributed by atoms with E-state index in [4.69, 9.17) is 21.6 Å². The topological polar surface area (TPSA) is 94.4 Å². The summed E-state index contributed by atoms with van der Waals surface area (Å²) < 4.78 is 6.02. The van der Waals surface area contributed by atoms with Gasteiger partial charge in [-0.15, -0.1) is 10.2 Å². The highest BCUT2D eigenvalue weighted by molar-refractivity contribution is 6.31. The molecule has 1 aliphatic heterocycles. The number of halogens is 1. The summed E-state index contributed by atoms with van der Waals surface area (Å²) in [6.45, 7) is 7.13. The Kier molecular flexibility index (Phi) is 7.63. The fraction of sp³-hybridized carbons (Fsp3) is 0.500. The third-order valence-electron chi connectivity index (χ3n) is 6.40. The SMILES string of the molecule is CCN1CCN(c2ccc(C(=O)N[C@H]3CC[C@H](Oc4ccc(C#N)c(Cl)c4)CC3)nn2)CC1. The molecule has 174 valence electrons. The summed E-state index contributed by atoms with van der Waals surface area (Å²) in [5, 5.41) is 20.9. The van der Waals surface area contributed by atoms with Crippen LogP contribution in [0.1, 0.15) is 48.7 Å². The number of benzene rings is 1. The highest BCUT2D eigenvalue weighted by atomic mass is 35.5. The van der Waals surface area contributed by atoms with Crippen LogP contribution in [-0.2, 0) is 0 Å². The molecule has 0 bridgehead atoms. The minimum atomic E-state index is -0.187. The van der Waals surface area contributed by atoms with Gasteiger partial charge in [0.05, 0.1) is 16.7 Å². The highest BCUT2D eigenvalue weighted by Gasteiger charge is 2.25. The van der Waals surface area contributed by atoms with Crippen LogP contribution in [0.3, 0.4) is 0 Å². The number of carbonyl (C=O) groups excluding carboxylic acids is 1. The van der Waals surface area contributed by atoms with Gasteiger partial charge in [0.2, 0.25) is 0 Å². The first-order valence-electron chi connectivity index (χ1n) is 11.5. The third kappa shape index (κ3) is 5.92. The first-order valence-corrected chi connectivity index (χ1v) is 11.9. The number of nitriles is 1. The van der Waals surface area contributed by atoms with Gasteiger partial charge in [-0.3, -0.25) is 4.79 Å². The molecule has 1 N–H and O–H groups in total. The van der Waals surface area contributed by atoms with Gasteiger partial charge in [0.25, 0.3) is 5.91 Å². The Bertz CT molecular complexity index is 993. The second-order valence-electron chi connectivity index (χ2n) is 8.52. The predicted molar refractivity (Wildman–Crippen MR) is 127 cm³/mol. The van der Waals surface area contributed by atoms with Crippen LogP contribution in [0.25, 0.3) is 0 Å². The standard InChI is InChI=1S/C24H29ClN6O2/c1-2-30-11-13-31(14-12-30)23-10-9-22(28-29-23)24(32)27-18-4-7-19(8-5-18)33-20-6-3-17(16-26)21(25)15-20/h3,6,9-10,15,18-19H,2,4-5,7-8,11-14H2,1H3,(H,27,32)/t18-,19-. The normalized spacial score (nSPS) is 21.3. The molecule has 1 saturated carbocycles. The lowest BCUT2D eigenvalue weighted by Crippen LogP contribution is -2.46. The van der Waals surface area contributed by atoms with E-state index in [1.54, 1.807) is 24.3 Å². The fourth-order valence-electron chi connectivity index (χ4n) is 4.34. The Balaban J connectivity index is 1.24. The maximum absolute atomic E-state index is 12.6. The summed E-state index contributed by atoms with van der Waals surface area (Å²) in [6, 6.07) is 10.9. The number of carbonyl (C=O) groups is 1. The van der Waals surface area contributed by atoms with E-state index in [1.807, 2.05) is 12.1 Å². The van der Waals surface area contributed by atoms with Gasteiger partial charge in [-0.05, 0) is 56.5 Å². The Hall–Kier alpha value is -2.89. The van der Waals surface area contributed by atoms with Crippen molar-refractivity contribution < 1.29 is 9.53 Å². The zero-order valence-corrected chi connectivity index (χ0v) is 19.6. The number of likely N-dealkylation sites (N-methyl/N-ethyl adjacent to an activating group) is 1. The number of nitrogens with zero attached hydrogens (tertiary/aromatic N) is 5. The molecule has 0 spiro atoms. The molecule has 1 aliphatic carbocycles. The molecule has 0 atom stereocenters. The van der Waals surface area contributed by atoms with E-state index < -0.39 is 0 Å². The zero-order valence-electron chi connectivity index (χ0n) is 18.8. The lowest BCUT2D eigenvalue weighted by molar-refractivity contribution is 0.0888. The van der Waals surface area contributed by atoms with Crippen molar-refractivity contribution in [3.05, 3.63) is 46.6 Å². The van der Waals surface area contributed by atoms with Crippen LogP contribution in [0.15, 0.2) is 30.3 Å². The number of amides is 1. The van der Waals surface area contributed by atoms with Gasteiger partial charge >= 0.3 is 0 Å². The molecule has 1 aromatic heterocycles. The molecule has 1 aromatic carbocycles. The summed E-state index contributed by atoms with van der Waals surface area (Å²) in [5.41, 5.74) is 0.780. The lowest BCUT2D eigenvalue weighted by atomic mass is 9.93. The molecule has 33 heavy (non-hydrogen) atoms. The molecule has 2 aliphatic rings. The van der Waals surface area contributed by atoms with E-state index in [1.165, 1.54) is 0 Å². The summed E-state index contributed by atoms with van der Waals surface area (Å²) in [5.74, 6) is 1.30. The van der Waals surface area contributed by atoms with Gasteiger partial charge in [0, 0.05) is 38.3 Å². The van der Waals surface area contributed by atoms with E-state index in [-0.39, 0.29) is 18.1 Å². The molecule has 2 fully saturated rings. The van der Waals surface area contributed by atoms with E-state index in [2.05, 4.69) is 32.2 Å². The van der Waals surface area contributed by atoms with E-state index in [0.717, 1.165) is 64.2 Å². The smallest absolute Gasteiger partial charge is 0.272 e. The van der Waals surface area contributed by atoms with Crippen molar-refractivity contribution >= 4 is 23.3 Å². The number of nitrogens with one attached hydrogen (secondary N) is 1. The van der Waals surface area contributed by atoms with Crippen LogP contribution in [0.2, 0.25) is 5.02 Å². The number of ether oxygens (including phenoxy) is 1. The molecule has 8 nitrogen and oxygen atoms in total. The second-order valence-corrected chi connectivity index (χ2v) is 8.92. The van der Waals surface area contributed by atoms with E-state index >= 15 is 0 Å². The average Bonchev–Trinajstić information content (AvgIpc) is 2.85. The van der Waals surface area contributed by atoms with Crippen molar-refractivity contribution in [3.63, 3.8) is 0 Å². The largest absolute Gasteiger partial charge is 0.490 e. The van der Waals surface area contributed by atoms with Gasteiger partial charge in [0.1, 0.15) is 11.8 Å². The number of hydrogen-bond acceptors (Lipinski definition) is 7. The van der Waals surface area contributed by atoms with Crippen LogP contribution in [-0.4, -0.2) is 65.9 Å². The molecule has 4 rings (SSSR count). The molecule has 1 saturated heterocycles.